The summed E-state index contributed by atoms with van der Waals surface area (Å²) in [4.78, 5) is 26.0. The Kier molecular flexibility index (Phi) is 10.2. The first kappa shape index (κ1) is 31.8. The number of halogens is 2. The van der Waals surface area contributed by atoms with Gasteiger partial charge in [-0.25, -0.2) is 14.6 Å². The number of aromatic nitrogens is 7. The first-order valence-electron chi connectivity index (χ1n) is 14.2. The molecule has 0 saturated heterocycles. The van der Waals surface area contributed by atoms with Gasteiger partial charge in [0, 0.05) is 55.1 Å². The number of alkyl halides is 2. The first-order valence-corrected chi connectivity index (χ1v) is 15.2. The van der Waals surface area contributed by atoms with Crippen LogP contribution in [0.5, 0.6) is 5.75 Å². The molecule has 0 unspecified atom stereocenters. The molecule has 0 bridgehead atoms. The number of carbonyl (C=O) groups excluding carboxylic acids is 1. The summed E-state index contributed by atoms with van der Waals surface area (Å²) in [5.74, 6) is 1.35. The Labute approximate surface area is 263 Å². The van der Waals surface area contributed by atoms with Gasteiger partial charge in [0.05, 0.1) is 18.4 Å². The van der Waals surface area contributed by atoms with Gasteiger partial charge in [-0.1, -0.05) is 11.8 Å². The molecule has 0 aliphatic rings. The SMILES string of the molecule is Cc1cc(Nc2nccn3c(-c4ccc(OC(F)F)cc4)cnc23)ccc1C(=O)N(C)CCCSc1nnnn1CCN(C)C. The summed E-state index contributed by atoms with van der Waals surface area (Å²) in [5, 5.41) is 16.0. The van der Waals surface area contributed by atoms with Crippen molar-refractivity contribution in [2.45, 2.75) is 31.7 Å². The van der Waals surface area contributed by atoms with Gasteiger partial charge in [0.2, 0.25) is 5.16 Å². The van der Waals surface area contributed by atoms with Crippen molar-refractivity contribution < 1.29 is 18.3 Å². The molecule has 0 radical (unpaired) electrons. The molecule has 12 nitrogen and oxygen atoms in total. The van der Waals surface area contributed by atoms with Crippen LogP contribution in [0.15, 0.2) is 66.2 Å². The molecule has 0 fully saturated rings. The number of benzene rings is 2. The van der Waals surface area contributed by atoms with E-state index < -0.39 is 6.61 Å². The molecule has 0 aliphatic carbocycles. The van der Waals surface area contributed by atoms with Crippen LogP contribution in [-0.4, -0.2) is 96.9 Å². The van der Waals surface area contributed by atoms with Gasteiger partial charge in [0.25, 0.3) is 5.91 Å². The molecular formula is C30H34F2N10O2S. The normalized spacial score (nSPS) is 11.5. The van der Waals surface area contributed by atoms with E-state index in [0.29, 0.717) is 23.6 Å². The maximum absolute atomic E-state index is 13.2. The molecule has 3 aromatic heterocycles. The van der Waals surface area contributed by atoms with E-state index in [1.54, 1.807) is 59.1 Å². The number of carbonyl (C=O) groups is 1. The lowest BCUT2D eigenvalue weighted by Gasteiger charge is -2.19. The monoisotopic (exact) mass is 636 g/mol. The van der Waals surface area contributed by atoms with Gasteiger partial charge in [-0.05, 0) is 85.9 Å². The summed E-state index contributed by atoms with van der Waals surface area (Å²) >= 11 is 1.58. The van der Waals surface area contributed by atoms with Crippen LogP contribution in [0.3, 0.4) is 0 Å². The molecule has 0 atom stereocenters. The molecule has 236 valence electrons. The van der Waals surface area contributed by atoms with Crippen LogP contribution in [0.25, 0.3) is 16.9 Å². The van der Waals surface area contributed by atoms with Gasteiger partial charge in [0.15, 0.2) is 11.5 Å². The van der Waals surface area contributed by atoms with E-state index in [0.717, 1.165) is 52.9 Å². The zero-order valence-corrected chi connectivity index (χ0v) is 26.2. The lowest BCUT2D eigenvalue weighted by molar-refractivity contribution is -0.0498. The van der Waals surface area contributed by atoms with E-state index in [2.05, 4.69) is 40.4 Å². The lowest BCUT2D eigenvalue weighted by Crippen LogP contribution is -2.28. The highest BCUT2D eigenvalue weighted by molar-refractivity contribution is 7.99. The van der Waals surface area contributed by atoms with E-state index in [-0.39, 0.29) is 11.7 Å². The molecule has 1 amide bonds. The first-order chi connectivity index (χ1) is 21.7. The Balaban J connectivity index is 1.19. The van der Waals surface area contributed by atoms with Crippen LogP contribution < -0.4 is 10.1 Å². The van der Waals surface area contributed by atoms with Crippen molar-refractivity contribution in [2.75, 3.05) is 45.3 Å². The Morgan fingerprint density at radius 2 is 1.89 bits per heavy atom. The number of fused-ring (bicyclic) bond motifs is 1. The fourth-order valence-corrected chi connectivity index (χ4v) is 5.48. The number of hydrogen-bond acceptors (Lipinski definition) is 10. The van der Waals surface area contributed by atoms with Gasteiger partial charge in [-0.2, -0.15) is 8.78 Å². The fourth-order valence-electron chi connectivity index (χ4n) is 4.65. The number of nitrogens with zero attached hydrogens (tertiary/aromatic N) is 9. The number of nitrogens with one attached hydrogen (secondary N) is 1. The topological polar surface area (TPSA) is 119 Å². The predicted octanol–water partition coefficient (Wildman–Crippen LogP) is 4.85. The van der Waals surface area contributed by atoms with E-state index in [1.807, 2.05) is 43.6 Å². The fraction of sp³-hybridized carbons (Fsp3) is 0.333. The van der Waals surface area contributed by atoms with Gasteiger partial charge >= 0.3 is 6.61 Å². The number of ether oxygens (including phenoxy) is 1. The average Bonchev–Trinajstić information content (AvgIpc) is 3.65. The highest BCUT2D eigenvalue weighted by Gasteiger charge is 2.16. The average molecular weight is 637 g/mol. The Hall–Kier alpha value is -4.63. The third kappa shape index (κ3) is 7.91. The number of tetrazole rings is 1. The molecule has 1 N–H and O–H groups in total. The molecule has 0 aliphatic heterocycles. The number of imidazole rings is 1. The molecule has 5 rings (SSSR count). The van der Waals surface area contributed by atoms with Gasteiger partial charge in [-0.3, -0.25) is 9.20 Å². The van der Waals surface area contributed by atoms with Crippen molar-refractivity contribution in [3.63, 3.8) is 0 Å². The summed E-state index contributed by atoms with van der Waals surface area (Å²) in [6.45, 7) is 1.19. The summed E-state index contributed by atoms with van der Waals surface area (Å²) in [5.41, 5.74) is 4.34. The molecule has 3 heterocycles. The second-order valence-corrected chi connectivity index (χ2v) is 11.6. The minimum atomic E-state index is -2.88. The van der Waals surface area contributed by atoms with Crippen LogP contribution in [0, 0.1) is 6.92 Å². The van der Waals surface area contributed by atoms with Crippen molar-refractivity contribution in [2.24, 2.45) is 0 Å². The van der Waals surface area contributed by atoms with Crippen LogP contribution in [0.4, 0.5) is 20.3 Å². The van der Waals surface area contributed by atoms with Crippen molar-refractivity contribution in [3.8, 4) is 17.0 Å². The van der Waals surface area contributed by atoms with Crippen LogP contribution >= 0.6 is 11.8 Å². The van der Waals surface area contributed by atoms with Crippen LogP contribution in [0.2, 0.25) is 0 Å². The summed E-state index contributed by atoms with van der Waals surface area (Å²) < 4.78 is 33.1. The van der Waals surface area contributed by atoms with Crippen LogP contribution in [0.1, 0.15) is 22.3 Å². The van der Waals surface area contributed by atoms with Crippen molar-refractivity contribution in [1.82, 2.24) is 44.4 Å². The Morgan fingerprint density at radius 3 is 2.62 bits per heavy atom. The zero-order valence-electron chi connectivity index (χ0n) is 25.4. The standard InChI is InChI=1S/C30H34F2N10O2S/c1-20-18-22(8-11-24(20)28(43)40(4)13-5-17-45-30-36-37-38-42(30)16-15-39(2)3)35-26-27-34-19-25(41(27)14-12-33-26)21-6-9-23(10-7-21)44-29(31)32/h6-12,14,18-19,29H,5,13,15-17H2,1-4H3,(H,33,35). The lowest BCUT2D eigenvalue weighted by atomic mass is 10.1. The highest BCUT2D eigenvalue weighted by atomic mass is 32.2. The highest BCUT2D eigenvalue weighted by Crippen LogP contribution is 2.28. The maximum Gasteiger partial charge on any atom is 0.387 e. The van der Waals surface area contributed by atoms with Crippen molar-refractivity contribution in [1.29, 1.82) is 0 Å². The van der Waals surface area contributed by atoms with Crippen molar-refractivity contribution >= 4 is 34.8 Å². The molecule has 0 saturated carbocycles. The number of hydrogen-bond donors (Lipinski definition) is 1. The number of aryl methyl sites for hydroxylation is 1. The number of amides is 1. The van der Waals surface area contributed by atoms with Gasteiger partial charge < -0.3 is 19.9 Å². The number of likely N-dealkylation sites (N-methyl/N-ethyl adjacent to an activating group) is 1. The minimum absolute atomic E-state index is 0.0528. The van der Waals surface area contributed by atoms with Gasteiger partial charge in [0.1, 0.15) is 5.75 Å². The number of rotatable bonds is 14. The second kappa shape index (κ2) is 14.4. The van der Waals surface area contributed by atoms with Crippen LogP contribution in [-0.2, 0) is 6.54 Å². The molecule has 15 heteroatoms. The smallest absolute Gasteiger partial charge is 0.387 e. The van der Waals surface area contributed by atoms with Gasteiger partial charge in [-0.15, -0.1) is 5.10 Å². The molecule has 0 spiro atoms. The Morgan fingerprint density at radius 1 is 1.09 bits per heavy atom. The van der Waals surface area contributed by atoms with E-state index >= 15 is 0 Å². The third-order valence-electron chi connectivity index (χ3n) is 7.00. The van der Waals surface area contributed by atoms with E-state index in [4.69, 9.17) is 0 Å². The van der Waals surface area contributed by atoms with E-state index in [1.165, 1.54) is 12.1 Å². The maximum atomic E-state index is 13.2. The number of anilines is 2. The quantitative estimate of drug-likeness (QED) is 0.134. The third-order valence-corrected chi connectivity index (χ3v) is 8.04. The summed E-state index contributed by atoms with van der Waals surface area (Å²) in [6.07, 6.45) is 5.92. The summed E-state index contributed by atoms with van der Waals surface area (Å²) in [7, 11) is 5.82. The summed E-state index contributed by atoms with van der Waals surface area (Å²) in [6, 6.07) is 11.9. The molecule has 5 aromatic rings. The largest absolute Gasteiger partial charge is 0.435 e. The molecule has 45 heavy (non-hydrogen) atoms. The van der Waals surface area contributed by atoms with E-state index in [9.17, 15) is 13.6 Å². The Bertz CT molecular complexity index is 1740. The molecule has 2 aromatic carbocycles. The predicted molar refractivity (Wildman–Crippen MR) is 168 cm³/mol. The van der Waals surface area contributed by atoms with Crippen molar-refractivity contribution in [3.05, 3.63) is 72.2 Å². The minimum Gasteiger partial charge on any atom is -0.435 e. The second-order valence-electron chi connectivity index (χ2n) is 10.6. The zero-order chi connectivity index (χ0) is 31.9. The number of thioether (sulfide) groups is 1. The molecular weight excluding hydrogens is 602 g/mol.